The van der Waals surface area contributed by atoms with E-state index in [1.54, 1.807) is 0 Å². The summed E-state index contributed by atoms with van der Waals surface area (Å²) in [4.78, 5) is 19.8. The summed E-state index contributed by atoms with van der Waals surface area (Å²) in [7, 11) is 0. The number of halogens is 1. The number of ether oxygens (including phenoxy) is 4. The smallest absolute Gasteiger partial charge is 0.0727 e. The molecule has 6 aliphatic rings. The summed E-state index contributed by atoms with van der Waals surface area (Å²) in [5, 5.41) is 3.11. The van der Waals surface area contributed by atoms with Gasteiger partial charge in [0.15, 0.2) is 0 Å². The van der Waals surface area contributed by atoms with Gasteiger partial charge >= 0.3 is 0 Å². The first-order valence-electron chi connectivity index (χ1n) is 23.8. The van der Waals surface area contributed by atoms with E-state index in [1.165, 1.54) is 61.8 Å². The number of aryl methyl sites for hydroxylation is 2. The van der Waals surface area contributed by atoms with Gasteiger partial charge in [-0.15, -0.1) is 0 Å². The lowest BCUT2D eigenvalue weighted by molar-refractivity contribution is 0.0557. The van der Waals surface area contributed by atoms with E-state index in [4.69, 9.17) is 40.5 Å². The van der Waals surface area contributed by atoms with Crippen LogP contribution in [0.5, 0.6) is 0 Å². The van der Waals surface area contributed by atoms with Gasteiger partial charge < -0.3 is 38.5 Å². The molecule has 0 saturated carbocycles. The van der Waals surface area contributed by atoms with Crippen molar-refractivity contribution in [3.8, 4) is 0 Å². The van der Waals surface area contributed by atoms with Crippen molar-refractivity contribution in [3.05, 3.63) is 118 Å². The number of pyridine rings is 2. The van der Waals surface area contributed by atoms with Crippen molar-refractivity contribution >= 4 is 67.5 Å². The van der Waals surface area contributed by atoms with E-state index in [0.29, 0.717) is 0 Å². The molecule has 10 nitrogen and oxygen atoms in total. The van der Waals surface area contributed by atoms with Crippen molar-refractivity contribution in [1.82, 2.24) is 9.97 Å². The first kappa shape index (κ1) is 42.7. The predicted octanol–water partition coefficient (Wildman–Crippen LogP) is 10.4. The van der Waals surface area contributed by atoms with E-state index in [0.717, 1.165) is 151 Å². The van der Waals surface area contributed by atoms with E-state index in [1.807, 2.05) is 12.1 Å². The molecule has 0 radical (unpaired) electrons. The highest BCUT2D eigenvalue weighted by Gasteiger charge is 2.47. The second-order valence-electron chi connectivity index (χ2n) is 19.1. The number of para-hydroxylation sites is 1. The molecule has 4 fully saturated rings. The Balaban J connectivity index is 0.000000144. The van der Waals surface area contributed by atoms with Gasteiger partial charge in [-0.1, -0.05) is 41.9 Å². The standard InChI is InChI=1S/C27H30ClN3O2.C27H31N3O2/c1-18-19(2)29-24-6-3-20(28)15-22(24)26(18)31-17-27(7-11-32-12-8-27)23-5-4-21(16-25(23)31)30-9-13-33-14-10-30;1-19-20(2)28-24-6-4-3-5-22(24)26(19)30-18-27(9-13-31-14-10-27)23-8-7-21(17-25(23)30)29-11-15-32-16-12-29/h3-6,15-16H,7-14,17H2,1-2H3;3-8,17H,9-16,18H2,1-2H3. The monoisotopic (exact) mass is 892 g/mol. The molecule has 0 bridgehead atoms. The number of morpholine rings is 2. The van der Waals surface area contributed by atoms with Crippen LogP contribution in [0.3, 0.4) is 0 Å². The fourth-order valence-electron chi connectivity index (χ4n) is 11.7. The molecule has 2 spiro atoms. The Bertz CT molecular complexity index is 2760. The number of hydrogen-bond acceptors (Lipinski definition) is 10. The van der Waals surface area contributed by atoms with Gasteiger partial charge in [0.1, 0.15) is 0 Å². The van der Waals surface area contributed by atoms with E-state index in [-0.39, 0.29) is 10.8 Å². The summed E-state index contributed by atoms with van der Waals surface area (Å²) in [5.74, 6) is 0. The Kier molecular flexibility index (Phi) is 11.4. The molecule has 0 aliphatic carbocycles. The van der Waals surface area contributed by atoms with Crippen LogP contribution in [0.25, 0.3) is 21.8 Å². The summed E-state index contributed by atoms with van der Waals surface area (Å²) in [6.07, 6.45) is 4.26. The maximum absolute atomic E-state index is 6.48. The number of rotatable bonds is 4. The highest BCUT2D eigenvalue weighted by atomic mass is 35.5. The zero-order valence-electron chi connectivity index (χ0n) is 38.4. The van der Waals surface area contributed by atoms with Crippen LogP contribution >= 0.6 is 11.6 Å². The number of nitrogens with zero attached hydrogens (tertiary/aromatic N) is 6. The van der Waals surface area contributed by atoms with Gasteiger partial charge in [-0.05, 0) is 124 Å². The summed E-state index contributed by atoms with van der Waals surface area (Å²) in [6.45, 7) is 20.9. The summed E-state index contributed by atoms with van der Waals surface area (Å²) in [6, 6.07) is 28.9. The first-order chi connectivity index (χ1) is 31.7. The van der Waals surface area contributed by atoms with Crippen LogP contribution in [0.1, 0.15) is 59.3 Å². The number of anilines is 6. The SMILES string of the molecule is Cc1nc2ccc(Cl)cc2c(N2CC3(CCOCC3)c3ccc(N4CCOCC4)cc32)c1C.Cc1nc2ccccc2c(N2CC3(CCOCC3)c3ccc(N4CCOCC4)cc32)c1C. The molecule has 4 aromatic carbocycles. The highest BCUT2D eigenvalue weighted by molar-refractivity contribution is 6.31. The Morgan fingerprint density at radius 1 is 0.492 bits per heavy atom. The molecular weight excluding hydrogens is 832 g/mol. The van der Waals surface area contributed by atoms with E-state index in [9.17, 15) is 0 Å². The van der Waals surface area contributed by atoms with Crippen molar-refractivity contribution in [2.45, 2.75) is 64.2 Å². The molecule has 2 aromatic heterocycles. The molecule has 65 heavy (non-hydrogen) atoms. The number of aromatic nitrogens is 2. The second kappa shape index (κ2) is 17.4. The molecule has 0 amide bonds. The lowest BCUT2D eigenvalue weighted by Crippen LogP contribution is -2.37. The van der Waals surface area contributed by atoms with Crippen molar-refractivity contribution in [3.63, 3.8) is 0 Å². The Morgan fingerprint density at radius 2 is 0.938 bits per heavy atom. The second-order valence-corrected chi connectivity index (χ2v) is 19.5. The molecule has 0 atom stereocenters. The van der Waals surface area contributed by atoms with Crippen molar-refractivity contribution < 1.29 is 18.9 Å². The molecule has 4 saturated heterocycles. The van der Waals surface area contributed by atoms with Crippen LogP contribution in [0.2, 0.25) is 5.02 Å². The molecule has 6 aromatic rings. The van der Waals surface area contributed by atoms with E-state index in [2.05, 4.69) is 114 Å². The maximum atomic E-state index is 6.48. The molecule has 11 heteroatoms. The number of benzene rings is 4. The van der Waals surface area contributed by atoms with Gasteiger partial charge in [0, 0.05) is 126 Å². The van der Waals surface area contributed by atoms with E-state index >= 15 is 0 Å². The van der Waals surface area contributed by atoms with Gasteiger partial charge in [0.2, 0.25) is 0 Å². The fourth-order valence-corrected chi connectivity index (χ4v) is 11.9. The van der Waals surface area contributed by atoms with Crippen molar-refractivity contribution in [2.24, 2.45) is 0 Å². The van der Waals surface area contributed by atoms with Gasteiger partial charge in [-0.3, -0.25) is 9.97 Å². The Morgan fingerprint density at radius 3 is 1.45 bits per heavy atom. The Hall–Kier alpha value is -4.97. The number of hydrogen-bond donors (Lipinski definition) is 0. The van der Waals surface area contributed by atoms with Crippen LogP contribution in [-0.2, 0) is 29.8 Å². The quantitative estimate of drug-likeness (QED) is 0.171. The average Bonchev–Trinajstić information content (AvgIpc) is 3.81. The van der Waals surface area contributed by atoms with Crippen LogP contribution in [0.4, 0.5) is 34.1 Å². The topological polar surface area (TPSA) is 75.7 Å². The summed E-state index contributed by atoms with van der Waals surface area (Å²) in [5.41, 5.74) is 17.7. The molecule has 0 N–H and O–H groups in total. The van der Waals surface area contributed by atoms with Crippen LogP contribution in [0.15, 0.2) is 78.9 Å². The lowest BCUT2D eigenvalue weighted by Gasteiger charge is -2.35. The van der Waals surface area contributed by atoms with E-state index < -0.39 is 0 Å². The van der Waals surface area contributed by atoms with Gasteiger partial charge in [-0.25, -0.2) is 0 Å². The van der Waals surface area contributed by atoms with Gasteiger partial charge in [-0.2, -0.15) is 0 Å². The third-order valence-electron chi connectivity index (χ3n) is 15.5. The molecule has 0 unspecified atom stereocenters. The third-order valence-corrected chi connectivity index (χ3v) is 15.8. The van der Waals surface area contributed by atoms with Gasteiger partial charge in [0.25, 0.3) is 0 Å². The average molecular weight is 894 g/mol. The zero-order chi connectivity index (χ0) is 44.3. The lowest BCUT2D eigenvalue weighted by atomic mass is 9.76. The summed E-state index contributed by atoms with van der Waals surface area (Å²) >= 11 is 6.48. The largest absolute Gasteiger partial charge is 0.381 e. The van der Waals surface area contributed by atoms with Crippen LogP contribution in [-0.4, -0.2) is 102 Å². The normalized spacial score (nSPS) is 20.1. The predicted molar refractivity (Wildman–Crippen MR) is 264 cm³/mol. The molecule has 6 aliphatic heterocycles. The fraction of sp³-hybridized carbons (Fsp3) is 0.444. The maximum Gasteiger partial charge on any atom is 0.0727 e. The minimum atomic E-state index is 0.117. The van der Waals surface area contributed by atoms with Crippen LogP contribution < -0.4 is 19.6 Å². The van der Waals surface area contributed by atoms with Crippen LogP contribution in [0, 0.1) is 27.7 Å². The molecule has 8 heterocycles. The minimum Gasteiger partial charge on any atom is -0.381 e. The molecular formula is C54H61ClN6O4. The third kappa shape index (κ3) is 7.59. The number of fused-ring (bicyclic) bond motifs is 6. The highest BCUT2D eigenvalue weighted by Crippen LogP contribution is 2.54. The Labute approximate surface area is 388 Å². The minimum absolute atomic E-state index is 0.117. The van der Waals surface area contributed by atoms with Crippen molar-refractivity contribution in [2.75, 3.05) is 112 Å². The first-order valence-corrected chi connectivity index (χ1v) is 24.2. The van der Waals surface area contributed by atoms with Gasteiger partial charge in [0.05, 0.1) is 48.8 Å². The summed E-state index contributed by atoms with van der Waals surface area (Å²) < 4.78 is 22.8. The molecule has 338 valence electrons. The molecule has 12 rings (SSSR count). The van der Waals surface area contributed by atoms with Crippen molar-refractivity contribution in [1.29, 1.82) is 0 Å². The zero-order valence-corrected chi connectivity index (χ0v) is 39.2.